The first-order valence-corrected chi connectivity index (χ1v) is 9.83. The number of ketones is 1. The number of halogens is 1. The zero-order valence-corrected chi connectivity index (χ0v) is 17.1. The quantitative estimate of drug-likeness (QED) is 0.556. The molecule has 1 heterocycles. The molecule has 2 atom stereocenters. The number of hydrogen-bond donors (Lipinski definition) is 2. The maximum Gasteiger partial charge on any atom is 0.326 e. The third-order valence-electron chi connectivity index (χ3n) is 5.23. The van der Waals surface area contributed by atoms with E-state index in [1.165, 1.54) is 4.90 Å². The highest BCUT2D eigenvalue weighted by molar-refractivity contribution is 6.30. The zero-order valence-electron chi connectivity index (χ0n) is 16.3. The third kappa shape index (κ3) is 4.43. The van der Waals surface area contributed by atoms with Crippen molar-refractivity contribution in [1.29, 1.82) is 0 Å². The lowest BCUT2D eigenvalue weighted by atomic mass is 10.0. The van der Waals surface area contributed by atoms with E-state index in [0.717, 1.165) is 11.1 Å². The summed E-state index contributed by atoms with van der Waals surface area (Å²) < 4.78 is 0. The lowest BCUT2D eigenvalue weighted by Crippen LogP contribution is -2.51. The zero-order chi connectivity index (χ0) is 21.1. The van der Waals surface area contributed by atoms with E-state index in [0.29, 0.717) is 35.7 Å². The highest BCUT2D eigenvalue weighted by atomic mass is 35.5. The second-order valence-corrected chi connectivity index (χ2v) is 7.68. The number of likely N-dealkylation sites (tertiary alicyclic amines) is 1. The molecule has 0 radical (unpaired) electrons. The number of rotatable bonds is 6. The van der Waals surface area contributed by atoms with Gasteiger partial charge in [0.1, 0.15) is 6.04 Å². The van der Waals surface area contributed by atoms with Crippen LogP contribution in [0.1, 0.15) is 34.3 Å². The summed E-state index contributed by atoms with van der Waals surface area (Å²) in [6.07, 6.45) is 0.972. The highest BCUT2D eigenvalue weighted by Gasteiger charge is 2.40. The number of benzene rings is 2. The van der Waals surface area contributed by atoms with Crippen LogP contribution >= 0.6 is 11.6 Å². The number of hydrogen-bond acceptors (Lipinski definition) is 4. The summed E-state index contributed by atoms with van der Waals surface area (Å²) in [7, 11) is 0. The monoisotopic (exact) mass is 414 g/mol. The Balaban J connectivity index is 1.99. The first-order valence-electron chi connectivity index (χ1n) is 9.45. The van der Waals surface area contributed by atoms with E-state index in [1.807, 2.05) is 32.0 Å². The molecule has 1 aliphatic heterocycles. The predicted molar refractivity (Wildman–Crippen MR) is 111 cm³/mol. The molecule has 0 bridgehead atoms. The molecule has 152 valence electrons. The molecule has 0 spiro atoms. The molecule has 1 aliphatic rings. The van der Waals surface area contributed by atoms with Crippen LogP contribution in [0.2, 0.25) is 5.02 Å². The van der Waals surface area contributed by atoms with Crippen molar-refractivity contribution in [3.8, 4) is 0 Å². The molecule has 1 amide bonds. The summed E-state index contributed by atoms with van der Waals surface area (Å²) in [6.45, 7) is 4.09. The van der Waals surface area contributed by atoms with E-state index in [1.54, 1.807) is 24.3 Å². The smallest absolute Gasteiger partial charge is 0.326 e. The van der Waals surface area contributed by atoms with Crippen LogP contribution in [0.25, 0.3) is 0 Å². The minimum Gasteiger partial charge on any atom is -0.480 e. The Morgan fingerprint density at radius 3 is 2.31 bits per heavy atom. The van der Waals surface area contributed by atoms with Crippen LogP contribution in [0.3, 0.4) is 0 Å². The second-order valence-electron chi connectivity index (χ2n) is 7.24. The normalized spacial score (nSPS) is 17.1. The van der Waals surface area contributed by atoms with E-state index in [-0.39, 0.29) is 0 Å². The van der Waals surface area contributed by atoms with E-state index in [4.69, 9.17) is 11.6 Å². The van der Waals surface area contributed by atoms with Crippen LogP contribution in [-0.2, 0) is 9.59 Å². The maximum atomic E-state index is 13.3. The first kappa shape index (κ1) is 20.9. The number of nitrogens with zero attached hydrogens (tertiary/aromatic N) is 1. The fourth-order valence-corrected chi connectivity index (χ4v) is 3.79. The Morgan fingerprint density at radius 2 is 1.72 bits per heavy atom. The summed E-state index contributed by atoms with van der Waals surface area (Å²) in [5.74, 6) is -2.01. The van der Waals surface area contributed by atoms with E-state index in [2.05, 4.69) is 5.32 Å². The number of carboxylic acid groups (broad SMARTS) is 1. The number of carbonyl (C=O) groups excluding carboxylic acids is 2. The number of nitrogens with one attached hydrogen (secondary N) is 1. The SMILES string of the molecule is Cc1cccc(C)c1NC(C(=O)c1ccc(Cl)cc1)C(=O)N1CCC[C@H]1C(=O)O. The molecule has 1 fully saturated rings. The molecule has 0 saturated carbocycles. The number of anilines is 1. The maximum absolute atomic E-state index is 13.3. The van der Waals surface area contributed by atoms with Crippen LogP contribution < -0.4 is 5.32 Å². The van der Waals surface area contributed by atoms with Gasteiger partial charge in [0, 0.05) is 22.8 Å². The first-order chi connectivity index (χ1) is 13.8. The topological polar surface area (TPSA) is 86.7 Å². The second kappa shape index (κ2) is 8.66. The van der Waals surface area contributed by atoms with Gasteiger partial charge in [-0.05, 0) is 62.1 Å². The third-order valence-corrected chi connectivity index (χ3v) is 5.48. The van der Waals surface area contributed by atoms with E-state index < -0.39 is 29.7 Å². The Kier molecular flexibility index (Phi) is 6.23. The van der Waals surface area contributed by atoms with E-state index >= 15 is 0 Å². The average molecular weight is 415 g/mol. The number of aryl methyl sites for hydroxylation is 2. The Bertz CT molecular complexity index is 922. The van der Waals surface area contributed by atoms with Crippen LogP contribution in [0.15, 0.2) is 42.5 Å². The predicted octanol–water partition coefficient (Wildman–Crippen LogP) is 3.70. The van der Waals surface area contributed by atoms with Gasteiger partial charge in [-0.25, -0.2) is 4.79 Å². The summed E-state index contributed by atoms with van der Waals surface area (Å²) in [4.78, 5) is 39.4. The number of amides is 1. The number of carboxylic acids is 1. The average Bonchev–Trinajstić information content (AvgIpc) is 3.18. The van der Waals surface area contributed by atoms with Gasteiger partial charge in [-0.1, -0.05) is 29.8 Å². The van der Waals surface area contributed by atoms with Crippen molar-refractivity contribution in [3.05, 3.63) is 64.2 Å². The van der Waals surface area contributed by atoms with Crippen molar-refractivity contribution < 1.29 is 19.5 Å². The van der Waals surface area contributed by atoms with Crippen molar-refractivity contribution in [3.63, 3.8) is 0 Å². The lowest BCUT2D eigenvalue weighted by Gasteiger charge is -2.28. The van der Waals surface area contributed by atoms with Crippen molar-refractivity contribution >= 4 is 34.9 Å². The van der Waals surface area contributed by atoms with E-state index in [9.17, 15) is 19.5 Å². The van der Waals surface area contributed by atoms with Gasteiger partial charge in [0.15, 0.2) is 11.8 Å². The van der Waals surface area contributed by atoms with Gasteiger partial charge >= 0.3 is 5.97 Å². The minimum atomic E-state index is -1.23. The molecule has 1 saturated heterocycles. The van der Waals surface area contributed by atoms with Crippen LogP contribution in [0.4, 0.5) is 5.69 Å². The molecular weight excluding hydrogens is 392 g/mol. The van der Waals surface area contributed by atoms with Crippen molar-refractivity contribution in [2.24, 2.45) is 0 Å². The molecule has 2 aromatic carbocycles. The Hall–Kier alpha value is -2.86. The number of aliphatic carboxylic acids is 1. The fraction of sp³-hybridized carbons (Fsp3) is 0.318. The largest absolute Gasteiger partial charge is 0.480 e. The molecule has 2 N–H and O–H groups in total. The van der Waals surface area contributed by atoms with Gasteiger partial charge < -0.3 is 15.3 Å². The molecule has 6 nitrogen and oxygen atoms in total. The number of para-hydroxylation sites is 1. The molecule has 7 heteroatoms. The molecule has 0 aromatic heterocycles. The molecular formula is C22H23ClN2O4. The van der Waals surface area contributed by atoms with Crippen molar-refractivity contribution in [2.45, 2.75) is 38.8 Å². The van der Waals surface area contributed by atoms with Crippen molar-refractivity contribution in [1.82, 2.24) is 4.90 Å². The lowest BCUT2D eigenvalue weighted by molar-refractivity contribution is -0.148. The summed E-state index contributed by atoms with van der Waals surface area (Å²) in [5.41, 5.74) is 2.81. The van der Waals surface area contributed by atoms with Gasteiger partial charge in [0.05, 0.1) is 0 Å². The fourth-order valence-electron chi connectivity index (χ4n) is 3.66. The molecule has 3 rings (SSSR count). The van der Waals surface area contributed by atoms with Gasteiger partial charge in [0.2, 0.25) is 0 Å². The summed E-state index contributed by atoms with van der Waals surface area (Å²) in [6, 6.07) is 9.84. The van der Waals surface area contributed by atoms with Crippen LogP contribution in [0, 0.1) is 13.8 Å². The summed E-state index contributed by atoms with van der Waals surface area (Å²) >= 11 is 5.92. The van der Waals surface area contributed by atoms with Gasteiger partial charge in [-0.2, -0.15) is 0 Å². The highest BCUT2D eigenvalue weighted by Crippen LogP contribution is 2.25. The molecule has 29 heavy (non-hydrogen) atoms. The molecule has 2 aromatic rings. The van der Waals surface area contributed by atoms with Crippen molar-refractivity contribution in [2.75, 3.05) is 11.9 Å². The Labute approximate surface area is 174 Å². The van der Waals surface area contributed by atoms with Crippen LogP contribution in [-0.4, -0.2) is 46.3 Å². The molecule has 0 aliphatic carbocycles. The van der Waals surface area contributed by atoms with Crippen LogP contribution in [0.5, 0.6) is 0 Å². The van der Waals surface area contributed by atoms with Gasteiger partial charge in [-0.3, -0.25) is 9.59 Å². The molecule has 1 unspecified atom stereocenters. The van der Waals surface area contributed by atoms with Gasteiger partial charge in [-0.15, -0.1) is 0 Å². The minimum absolute atomic E-state index is 0.314. The Morgan fingerprint density at radius 1 is 1.10 bits per heavy atom. The van der Waals surface area contributed by atoms with Gasteiger partial charge in [0.25, 0.3) is 5.91 Å². The standard InChI is InChI=1S/C22H23ClN2O4/c1-13-5-3-6-14(2)18(13)24-19(20(26)15-8-10-16(23)11-9-15)21(27)25-12-4-7-17(25)22(28)29/h3,5-6,8-11,17,19,24H,4,7,12H2,1-2H3,(H,28,29)/t17-,19?/m0/s1. The summed E-state index contributed by atoms with van der Waals surface area (Å²) in [5, 5.41) is 13.0. The number of Topliss-reactive ketones (excluding diaryl/α,β-unsaturated/α-hetero) is 1. The number of carbonyl (C=O) groups is 3.